The quantitative estimate of drug-likeness (QED) is 0.830. The summed E-state index contributed by atoms with van der Waals surface area (Å²) in [6.07, 6.45) is 6.77. The zero-order valence-corrected chi connectivity index (χ0v) is 11.2. The van der Waals surface area contributed by atoms with Crippen molar-refractivity contribution in [1.29, 1.82) is 0 Å². The van der Waals surface area contributed by atoms with E-state index in [-0.39, 0.29) is 0 Å². The van der Waals surface area contributed by atoms with Gasteiger partial charge in [0.15, 0.2) is 0 Å². The molecule has 0 radical (unpaired) electrons. The fourth-order valence-corrected chi connectivity index (χ4v) is 2.10. The van der Waals surface area contributed by atoms with Gasteiger partial charge in [-0.2, -0.15) is 0 Å². The largest absolute Gasteiger partial charge is 0.337 e. The summed E-state index contributed by atoms with van der Waals surface area (Å²) < 4.78 is 3.27. The van der Waals surface area contributed by atoms with Gasteiger partial charge in [0.25, 0.3) is 0 Å². The zero-order valence-electron chi connectivity index (χ0n) is 9.64. The third-order valence-electron chi connectivity index (χ3n) is 2.60. The van der Waals surface area contributed by atoms with Crippen LogP contribution in [0.15, 0.2) is 47.5 Å². The molecule has 0 aliphatic rings. The lowest BCUT2D eigenvalue weighted by molar-refractivity contribution is 0.580. The molecule has 1 N–H and O–H groups in total. The molecule has 90 valence electrons. The maximum atomic E-state index is 4.02. The molecule has 0 saturated heterocycles. The van der Waals surface area contributed by atoms with Crippen molar-refractivity contribution in [3.63, 3.8) is 0 Å². The number of nitrogens with one attached hydrogen (secondary N) is 1. The summed E-state index contributed by atoms with van der Waals surface area (Å²) in [7, 11) is 0. The normalized spacial score (nSPS) is 10.6. The van der Waals surface area contributed by atoms with Crippen LogP contribution in [0.25, 0.3) is 0 Å². The summed E-state index contributed by atoms with van der Waals surface area (Å²) in [6, 6.07) is 8.30. The Labute approximate surface area is 110 Å². The minimum absolute atomic E-state index is 0.908. The van der Waals surface area contributed by atoms with Gasteiger partial charge in [-0.1, -0.05) is 34.1 Å². The Morgan fingerprint density at radius 3 is 2.94 bits per heavy atom. The predicted molar refractivity (Wildman–Crippen MR) is 72.7 cm³/mol. The topological polar surface area (TPSA) is 29.9 Å². The number of halogens is 1. The lowest BCUT2D eigenvalue weighted by atomic mass is 10.2. The van der Waals surface area contributed by atoms with Crippen molar-refractivity contribution >= 4 is 15.9 Å². The summed E-state index contributed by atoms with van der Waals surface area (Å²) in [6.45, 7) is 2.94. The number of hydrogen-bond donors (Lipinski definition) is 1. The number of hydrogen-bond acceptors (Lipinski definition) is 2. The molecule has 0 spiro atoms. The number of rotatable bonds is 6. The molecule has 4 heteroatoms. The molecule has 1 aromatic heterocycles. The first kappa shape index (κ1) is 12.3. The fourth-order valence-electron chi connectivity index (χ4n) is 1.67. The molecule has 0 bridgehead atoms. The molecule has 0 atom stereocenters. The van der Waals surface area contributed by atoms with E-state index in [1.54, 1.807) is 0 Å². The molecule has 0 fully saturated rings. The van der Waals surface area contributed by atoms with Crippen LogP contribution in [0, 0.1) is 0 Å². The highest BCUT2D eigenvalue weighted by Gasteiger charge is 1.97. The Hall–Kier alpha value is -1.13. The summed E-state index contributed by atoms with van der Waals surface area (Å²) in [5.41, 5.74) is 1.30. The van der Waals surface area contributed by atoms with E-state index in [0.29, 0.717) is 0 Å². The van der Waals surface area contributed by atoms with Crippen molar-refractivity contribution in [3.05, 3.63) is 53.0 Å². The molecule has 0 unspecified atom stereocenters. The van der Waals surface area contributed by atoms with Gasteiger partial charge in [0.1, 0.15) is 0 Å². The highest BCUT2D eigenvalue weighted by Crippen LogP contribution is 2.15. The van der Waals surface area contributed by atoms with Crippen LogP contribution in [-0.2, 0) is 13.1 Å². The molecule has 1 heterocycles. The van der Waals surface area contributed by atoms with Crippen molar-refractivity contribution in [1.82, 2.24) is 14.9 Å². The summed E-state index contributed by atoms with van der Waals surface area (Å²) in [5, 5.41) is 3.44. The minimum Gasteiger partial charge on any atom is -0.337 e. The van der Waals surface area contributed by atoms with Gasteiger partial charge in [-0.15, -0.1) is 0 Å². The Bertz CT molecular complexity index is 440. The first-order chi connectivity index (χ1) is 8.36. The lowest BCUT2D eigenvalue weighted by Gasteiger charge is -2.07. The Morgan fingerprint density at radius 1 is 1.29 bits per heavy atom. The fraction of sp³-hybridized carbons (Fsp3) is 0.308. The van der Waals surface area contributed by atoms with Crippen LogP contribution in [0.5, 0.6) is 0 Å². The standard InChI is InChI=1S/C13H16BrN3/c14-13-5-2-1-4-12(13)10-15-6-3-8-17-9-7-16-11-17/h1-2,4-5,7,9,11,15H,3,6,8,10H2. The van der Waals surface area contributed by atoms with Crippen molar-refractivity contribution in [3.8, 4) is 0 Å². The van der Waals surface area contributed by atoms with Crippen LogP contribution < -0.4 is 5.32 Å². The molecule has 2 aromatic rings. The van der Waals surface area contributed by atoms with Gasteiger partial charge in [-0.3, -0.25) is 0 Å². The maximum absolute atomic E-state index is 4.02. The van der Waals surface area contributed by atoms with E-state index in [2.05, 4.69) is 49.0 Å². The van der Waals surface area contributed by atoms with Crippen LogP contribution in [0.2, 0.25) is 0 Å². The van der Waals surface area contributed by atoms with Crippen molar-refractivity contribution in [2.45, 2.75) is 19.5 Å². The van der Waals surface area contributed by atoms with Gasteiger partial charge in [0.05, 0.1) is 6.33 Å². The number of aromatic nitrogens is 2. The Balaban J connectivity index is 1.65. The molecule has 0 amide bonds. The van der Waals surface area contributed by atoms with E-state index >= 15 is 0 Å². The van der Waals surface area contributed by atoms with Gasteiger partial charge in [0, 0.05) is 30.0 Å². The van der Waals surface area contributed by atoms with Crippen molar-refractivity contribution < 1.29 is 0 Å². The Morgan fingerprint density at radius 2 is 2.18 bits per heavy atom. The second-order valence-electron chi connectivity index (χ2n) is 3.92. The third kappa shape index (κ3) is 3.98. The number of nitrogens with zero attached hydrogens (tertiary/aromatic N) is 2. The van der Waals surface area contributed by atoms with Crippen LogP contribution in [0.4, 0.5) is 0 Å². The summed E-state index contributed by atoms with van der Waals surface area (Å²) in [4.78, 5) is 4.02. The second kappa shape index (κ2) is 6.57. The highest BCUT2D eigenvalue weighted by molar-refractivity contribution is 9.10. The molecule has 1 aromatic carbocycles. The first-order valence-corrected chi connectivity index (χ1v) is 6.55. The van der Waals surface area contributed by atoms with E-state index < -0.39 is 0 Å². The maximum Gasteiger partial charge on any atom is 0.0945 e. The molecule has 3 nitrogen and oxygen atoms in total. The molecular weight excluding hydrogens is 278 g/mol. The smallest absolute Gasteiger partial charge is 0.0945 e. The van der Waals surface area contributed by atoms with Crippen molar-refractivity contribution in [2.75, 3.05) is 6.54 Å². The van der Waals surface area contributed by atoms with Gasteiger partial charge in [0.2, 0.25) is 0 Å². The van der Waals surface area contributed by atoms with E-state index in [1.165, 1.54) is 10.0 Å². The average Bonchev–Trinajstić information content (AvgIpc) is 2.84. The molecule has 0 saturated carbocycles. The summed E-state index contributed by atoms with van der Waals surface area (Å²) >= 11 is 3.54. The number of aryl methyl sites for hydroxylation is 1. The van der Waals surface area contributed by atoms with Crippen LogP contribution in [0.1, 0.15) is 12.0 Å². The molecule has 0 aliphatic heterocycles. The first-order valence-electron chi connectivity index (χ1n) is 5.76. The highest BCUT2D eigenvalue weighted by atomic mass is 79.9. The zero-order chi connectivity index (χ0) is 11.9. The van der Waals surface area contributed by atoms with E-state index in [1.807, 2.05) is 24.8 Å². The molecule has 2 rings (SSSR count). The number of imidazole rings is 1. The van der Waals surface area contributed by atoms with Gasteiger partial charge in [-0.05, 0) is 24.6 Å². The third-order valence-corrected chi connectivity index (χ3v) is 3.38. The average molecular weight is 294 g/mol. The van der Waals surface area contributed by atoms with E-state index in [0.717, 1.165) is 26.1 Å². The van der Waals surface area contributed by atoms with Crippen LogP contribution in [0.3, 0.4) is 0 Å². The van der Waals surface area contributed by atoms with Gasteiger partial charge < -0.3 is 9.88 Å². The summed E-state index contributed by atoms with van der Waals surface area (Å²) in [5.74, 6) is 0. The van der Waals surface area contributed by atoms with Crippen LogP contribution in [-0.4, -0.2) is 16.1 Å². The van der Waals surface area contributed by atoms with Crippen molar-refractivity contribution in [2.24, 2.45) is 0 Å². The van der Waals surface area contributed by atoms with E-state index in [4.69, 9.17) is 0 Å². The van der Waals surface area contributed by atoms with Gasteiger partial charge in [-0.25, -0.2) is 4.98 Å². The molecule has 0 aliphatic carbocycles. The molecule has 17 heavy (non-hydrogen) atoms. The SMILES string of the molecule is Brc1ccccc1CNCCCn1ccnc1. The van der Waals surface area contributed by atoms with Crippen LogP contribution >= 0.6 is 15.9 Å². The second-order valence-corrected chi connectivity index (χ2v) is 4.78. The molecular formula is C13H16BrN3. The number of benzene rings is 1. The van der Waals surface area contributed by atoms with Gasteiger partial charge >= 0.3 is 0 Å². The Kier molecular flexibility index (Phi) is 4.76. The lowest BCUT2D eigenvalue weighted by Crippen LogP contribution is -2.16. The monoisotopic (exact) mass is 293 g/mol. The van der Waals surface area contributed by atoms with E-state index in [9.17, 15) is 0 Å². The predicted octanol–water partition coefficient (Wildman–Crippen LogP) is 2.83. The minimum atomic E-state index is 0.908.